The van der Waals surface area contributed by atoms with E-state index in [-0.39, 0.29) is 13.2 Å². The normalized spacial score (nSPS) is 10.1. The average molecular weight is 258 g/mol. The van der Waals surface area contributed by atoms with Crippen LogP contribution in [-0.2, 0) is 11.3 Å². The summed E-state index contributed by atoms with van der Waals surface area (Å²) in [6.07, 6.45) is -0.429. The van der Waals surface area contributed by atoms with Crippen LogP contribution < -0.4 is 0 Å². The molecule has 0 radical (unpaired) electrons. The van der Waals surface area contributed by atoms with Gasteiger partial charge in [0.25, 0.3) is 0 Å². The zero-order valence-electron chi connectivity index (χ0n) is 9.73. The van der Waals surface area contributed by atoms with Crippen LogP contribution in [0, 0.1) is 0 Å². The number of hydrogen-bond acceptors (Lipinski definition) is 3. The molecule has 5 heteroatoms. The minimum Gasteiger partial charge on any atom is -0.447 e. The number of hydrogen-bond donors (Lipinski definition) is 1. The zero-order chi connectivity index (χ0) is 12.7. The Morgan fingerprint density at radius 1 is 1.53 bits per heavy atom. The van der Waals surface area contributed by atoms with Gasteiger partial charge >= 0.3 is 6.09 Å². The molecule has 0 aliphatic heterocycles. The van der Waals surface area contributed by atoms with Crippen LogP contribution in [0.15, 0.2) is 24.3 Å². The second-order valence-corrected chi connectivity index (χ2v) is 3.92. The van der Waals surface area contributed by atoms with E-state index in [4.69, 9.17) is 21.4 Å². The lowest BCUT2D eigenvalue weighted by molar-refractivity contribution is 0.0836. The third-order valence-electron chi connectivity index (χ3n) is 2.22. The number of aliphatic hydroxyl groups is 1. The molecule has 0 bridgehead atoms. The van der Waals surface area contributed by atoms with Crippen LogP contribution in [0.3, 0.4) is 0 Å². The van der Waals surface area contributed by atoms with Gasteiger partial charge in [0.15, 0.2) is 0 Å². The van der Waals surface area contributed by atoms with Crippen LogP contribution in [0.25, 0.3) is 0 Å². The van der Waals surface area contributed by atoms with E-state index in [9.17, 15) is 4.79 Å². The molecule has 4 nitrogen and oxygen atoms in total. The molecule has 0 saturated heterocycles. The number of ether oxygens (including phenoxy) is 1. The summed E-state index contributed by atoms with van der Waals surface area (Å²) in [4.78, 5) is 13.1. The molecule has 0 heterocycles. The minimum absolute atomic E-state index is 0.0187. The van der Waals surface area contributed by atoms with Crippen molar-refractivity contribution in [3.8, 4) is 0 Å². The number of aliphatic hydroxyl groups excluding tert-OH is 1. The number of amides is 1. The van der Waals surface area contributed by atoms with Gasteiger partial charge in [-0.05, 0) is 24.6 Å². The van der Waals surface area contributed by atoms with Crippen molar-refractivity contribution in [3.63, 3.8) is 0 Å². The summed E-state index contributed by atoms with van der Waals surface area (Å²) in [5.74, 6) is 0. The van der Waals surface area contributed by atoms with Crippen molar-refractivity contribution in [2.75, 3.05) is 19.8 Å². The van der Waals surface area contributed by atoms with E-state index >= 15 is 0 Å². The summed E-state index contributed by atoms with van der Waals surface area (Å²) in [6, 6.07) is 7.33. The summed E-state index contributed by atoms with van der Waals surface area (Å²) in [5.41, 5.74) is 0.945. The van der Waals surface area contributed by atoms with Crippen LogP contribution in [-0.4, -0.2) is 35.9 Å². The fourth-order valence-corrected chi connectivity index (χ4v) is 1.60. The SMILES string of the molecule is CCN(Cc1cccc(Cl)c1)C(=O)OCCO. The van der Waals surface area contributed by atoms with Crippen molar-refractivity contribution >= 4 is 17.7 Å². The van der Waals surface area contributed by atoms with E-state index in [0.717, 1.165) is 5.56 Å². The van der Waals surface area contributed by atoms with Crippen molar-refractivity contribution in [1.29, 1.82) is 0 Å². The molecule has 0 unspecified atom stereocenters. The van der Waals surface area contributed by atoms with Gasteiger partial charge < -0.3 is 14.7 Å². The van der Waals surface area contributed by atoms with Crippen LogP contribution in [0.5, 0.6) is 0 Å². The summed E-state index contributed by atoms with van der Waals surface area (Å²) in [5, 5.41) is 9.22. The molecule has 0 fully saturated rings. The molecule has 17 heavy (non-hydrogen) atoms. The van der Waals surface area contributed by atoms with E-state index in [2.05, 4.69) is 0 Å². The number of rotatable bonds is 5. The predicted molar refractivity (Wildman–Crippen MR) is 66.0 cm³/mol. The Morgan fingerprint density at radius 2 is 2.29 bits per heavy atom. The number of nitrogens with zero attached hydrogens (tertiary/aromatic N) is 1. The monoisotopic (exact) mass is 257 g/mol. The maximum Gasteiger partial charge on any atom is 0.410 e. The third-order valence-corrected chi connectivity index (χ3v) is 2.45. The van der Waals surface area contributed by atoms with E-state index < -0.39 is 6.09 Å². The summed E-state index contributed by atoms with van der Waals surface area (Å²) < 4.78 is 4.85. The van der Waals surface area contributed by atoms with Gasteiger partial charge in [0.05, 0.1) is 6.61 Å². The topological polar surface area (TPSA) is 49.8 Å². The quantitative estimate of drug-likeness (QED) is 0.881. The highest BCUT2D eigenvalue weighted by molar-refractivity contribution is 6.30. The minimum atomic E-state index is -0.429. The molecule has 0 spiro atoms. The molecule has 1 amide bonds. The highest BCUT2D eigenvalue weighted by atomic mass is 35.5. The highest BCUT2D eigenvalue weighted by Crippen LogP contribution is 2.13. The molecule has 1 rings (SSSR count). The Hall–Kier alpha value is -1.26. The maximum atomic E-state index is 11.6. The Morgan fingerprint density at radius 3 is 2.88 bits per heavy atom. The van der Waals surface area contributed by atoms with Crippen LogP contribution in [0.1, 0.15) is 12.5 Å². The first kappa shape index (κ1) is 13.8. The van der Waals surface area contributed by atoms with Crippen molar-refractivity contribution in [2.45, 2.75) is 13.5 Å². The first-order valence-corrected chi connectivity index (χ1v) is 5.82. The van der Waals surface area contributed by atoms with Gasteiger partial charge in [0, 0.05) is 18.1 Å². The first-order chi connectivity index (χ1) is 8.17. The van der Waals surface area contributed by atoms with Crippen molar-refractivity contribution in [2.24, 2.45) is 0 Å². The first-order valence-electron chi connectivity index (χ1n) is 5.44. The van der Waals surface area contributed by atoms with Crippen molar-refractivity contribution < 1.29 is 14.6 Å². The smallest absolute Gasteiger partial charge is 0.410 e. The van der Waals surface area contributed by atoms with Gasteiger partial charge in [-0.3, -0.25) is 0 Å². The molecule has 0 saturated carbocycles. The van der Waals surface area contributed by atoms with Gasteiger partial charge in [-0.25, -0.2) is 4.79 Å². The molecule has 94 valence electrons. The summed E-state index contributed by atoms with van der Waals surface area (Å²) in [7, 11) is 0. The zero-order valence-corrected chi connectivity index (χ0v) is 10.5. The van der Waals surface area contributed by atoms with E-state index in [1.165, 1.54) is 0 Å². The average Bonchev–Trinajstić information content (AvgIpc) is 2.33. The van der Waals surface area contributed by atoms with Crippen molar-refractivity contribution in [3.05, 3.63) is 34.9 Å². The molecular weight excluding hydrogens is 242 g/mol. The Bertz CT molecular complexity index is 371. The van der Waals surface area contributed by atoms with E-state index in [1.54, 1.807) is 11.0 Å². The fraction of sp³-hybridized carbons (Fsp3) is 0.417. The molecule has 1 N–H and O–H groups in total. The van der Waals surface area contributed by atoms with Gasteiger partial charge in [-0.15, -0.1) is 0 Å². The highest BCUT2D eigenvalue weighted by Gasteiger charge is 2.13. The molecule has 1 aromatic rings. The van der Waals surface area contributed by atoms with Gasteiger partial charge in [0.1, 0.15) is 6.61 Å². The maximum absolute atomic E-state index is 11.6. The number of carbonyl (C=O) groups is 1. The van der Waals surface area contributed by atoms with Gasteiger partial charge in [-0.1, -0.05) is 23.7 Å². The predicted octanol–water partition coefficient (Wildman–Crippen LogP) is 2.29. The molecule has 0 atom stereocenters. The summed E-state index contributed by atoms with van der Waals surface area (Å²) in [6.45, 7) is 2.70. The fourth-order valence-electron chi connectivity index (χ4n) is 1.39. The lowest BCUT2D eigenvalue weighted by atomic mass is 10.2. The summed E-state index contributed by atoms with van der Waals surface area (Å²) >= 11 is 5.87. The lowest BCUT2D eigenvalue weighted by Gasteiger charge is -2.20. The Kier molecular flexibility index (Phi) is 5.80. The third kappa shape index (κ3) is 4.63. The Balaban J connectivity index is 2.60. The second kappa shape index (κ2) is 7.14. The molecule has 0 aliphatic carbocycles. The second-order valence-electron chi connectivity index (χ2n) is 3.48. The number of halogens is 1. The molecule has 0 aliphatic rings. The van der Waals surface area contributed by atoms with Gasteiger partial charge in [0.2, 0.25) is 0 Å². The molecule has 0 aromatic heterocycles. The van der Waals surface area contributed by atoms with Crippen LogP contribution in [0.4, 0.5) is 4.79 Å². The number of benzene rings is 1. The molecular formula is C12H16ClNO3. The molecule has 1 aromatic carbocycles. The standard InChI is InChI=1S/C12H16ClNO3/c1-2-14(12(16)17-7-6-15)9-10-4-3-5-11(13)8-10/h3-5,8,15H,2,6-7,9H2,1H3. The number of carbonyl (C=O) groups excluding carboxylic acids is 1. The van der Waals surface area contributed by atoms with Crippen molar-refractivity contribution in [1.82, 2.24) is 4.90 Å². The van der Waals surface area contributed by atoms with E-state index in [0.29, 0.717) is 18.1 Å². The Labute approximate surface area is 106 Å². The largest absolute Gasteiger partial charge is 0.447 e. The lowest BCUT2D eigenvalue weighted by Crippen LogP contribution is -2.31. The van der Waals surface area contributed by atoms with Crippen LogP contribution in [0.2, 0.25) is 5.02 Å². The van der Waals surface area contributed by atoms with Crippen LogP contribution >= 0.6 is 11.6 Å². The van der Waals surface area contributed by atoms with E-state index in [1.807, 2.05) is 25.1 Å². The van der Waals surface area contributed by atoms with Gasteiger partial charge in [-0.2, -0.15) is 0 Å².